The smallest absolute Gasteiger partial charge is 0.0245 e. The molecular weight excluding hydrogens is 254 g/mol. The molecule has 1 atom stereocenters. The number of piperazine rings is 1. The lowest BCUT2D eigenvalue weighted by Crippen LogP contribution is -2.50. The van der Waals surface area contributed by atoms with E-state index in [1.54, 1.807) is 5.56 Å². The molecule has 2 saturated heterocycles. The van der Waals surface area contributed by atoms with Gasteiger partial charge in [-0.05, 0) is 38.4 Å². The third kappa shape index (κ3) is 3.19. The molecule has 0 radical (unpaired) electrons. The lowest BCUT2D eigenvalue weighted by molar-refractivity contribution is 0.0981. The van der Waals surface area contributed by atoms with Crippen molar-refractivity contribution in [1.29, 1.82) is 0 Å². The van der Waals surface area contributed by atoms with Gasteiger partial charge in [0.2, 0.25) is 0 Å². The van der Waals surface area contributed by atoms with Crippen LogP contribution in [0.4, 0.5) is 0 Å². The molecule has 3 rings (SSSR count). The molecule has 3 nitrogen and oxygen atoms in total. The van der Waals surface area contributed by atoms with E-state index in [1.165, 1.54) is 55.4 Å². The highest BCUT2D eigenvalue weighted by Crippen LogP contribution is 2.22. The monoisotopic (exact) mass is 279 g/mol. The number of hydrogen-bond acceptors (Lipinski definition) is 4. The van der Waals surface area contributed by atoms with Crippen molar-refractivity contribution in [3.05, 3.63) is 21.4 Å². The van der Waals surface area contributed by atoms with Crippen LogP contribution in [0.25, 0.3) is 0 Å². The van der Waals surface area contributed by atoms with Crippen LogP contribution >= 0.6 is 11.3 Å². The Kier molecular flexibility index (Phi) is 4.22. The normalized spacial score (nSPS) is 26.1. The largest absolute Gasteiger partial charge is 0.315 e. The Balaban J connectivity index is 1.51. The zero-order valence-corrected chi connectivity index (χ0v) is 12.9. The number of nitrogens with one attached hydrogen (secondary N) is 1. The lowest BCUT2D eigenvalue weighted by atomic mass is 10.1. The van der Waals surface area contributed by atoms with Crippen LogP contribution in [0.3, 0.4) is 0 Å². The first kappa shape index (κ1) is 13.6. The van der Waals surface area contributed by atoms with Crippen LogP contribution in [0.15, 0.2) is 6.07 Å². The fourth-order valence-corrected chi connectivity index (χ4v) is 4.26. The molecular formula is C15H25N3S. The molecule has 1 aromatic heterocycles. The van der Waals surface area contributed by atoms with Crippen LogP contribution < -0.4 is 5.32 Å². The first-order valence-electron chi connectivity index (χ1n) is 7.45. The minimum atomic E-state index is 0.798. The summed E-state index contributed by atoms with van der Waals surface area (Å²) in [7, 11) is 0. The zero-order valence-electron chi connectivity index (χ0n) is 12.1. The molecule has 2 fully saturated rings. The van der Waals surface area contributed by atoms with Gasteiger partial charge in [-0.3, -0.25) is 9.80 Å². The molecule has 1 N–H and O–H groups in total. The summed E-state index contributed by atoms with van der Waals surface area (Å²) < 4.78 is 0. The van der Waals surface area contributed by atoms with E-state index < -0.39 is 0 Å². The highest BCUT2D eigenvalue weighted by Gasteiger charge is 2.26. The maximum atomic E-state index is 3.48. The third-order valence-electron chi connectivity index (χ3n) is 4.50. The molecule has 0 aromatic carbocycles. The van der Waals surface area contributed by atoms with E-state index in [0.29, 0.717) is 0 Å². The number of rotatable bonds is 3. The molecule has 0 spiro atoms. The second-order valence-corrected chi connectivity index (χ2v) is 7.36. The Morgan fingerprint density at radius 2 is 2.05 bits per heavy atom. The molecule has 0 aliphatic carbocycles. The van der Waals surface area contributed by atoms with Crippen LogP contribution in [-0.2, 0) is 6.54 Å². The minimum absolute atomic E-state index is 0.798. The molecule has 1 unspecified atom stereocenters. The third-order valence-corrected chi connectivity index (χ3v) is 5.50. The second-order valence-electron chi connectivity index (χ2n) is 5.90. The van der Waals surface area contributed by atoms with Gasteiger partial charge in [-0.25, -0.2) is 0 Å². The van der Waals surface area contributed by atoms with Crippen molar-refractivity contribution in [3.63, 3.8) is 0 Å². The highest BCUT2D eigenvalue weighted by atomic mass is 32.1. The van der Waals surface area contributed by atoms with E-state index in [2.05, 4.69) is 35.0 Å². The molecule has 2 aliphatic heterocycles. The van der Waals surface area contributed by atoms with Crippen molar-refractivity contribution >= 4 is 11.3 Å². The summed E-state index contributed by atoms with van der Waals surface area (Å²) in [5.74, 6) is 0. The van der Waals surface area contributed by atoms with Gasteiger partial charge in [0.15, 0.2) is 0 Å². The van der Waals surface area contributed by atoms with Crippen LogP contribution in [0.5, 0.6) is 0 Å². The first-order chi connectivity index (χ1) is 9.22. The van der Waals surface area contributed by atoms with Crippen molar-refractivity contribution in [2.75, 3.05) is 39.3 Å². The Hall–Kier alpha value is -0.420. The van der Waals surface area contributed by atoms with Gasteiger partial charge in [0.1, 0.15) is 0 Å². The van der Waals surface area contributed by atoms with Gasteiger partial charge in [0.25, 0.3) is 0 Å². The first-order valence-corrected chi connectivity index (χ1v) is 8.27. The summed E-state index contributed by atoms with van der Waals surface area (Å²) in [6, 6.07) is 3.17. The zero-order chi connectivity index (χ0) is 13.2. The van der Waals surface area contributed by atoms with E-state index >= 15 is 0 Å². The Morgan fingerprint density at radius 1 is 1.26 bits per heavy atom. The molecule has 4 heteroatoms. The summed E-state index contributed by atoms with van der Waals surface area (Å²) in [6.07, 6.45) is 1.34. The fraction of sp³-hybridized carbons (Fsp3) is 0.733. The quantitative estimate of drug-likeness (QED) is 0.911. The maximum absolute atomic E-state index is 3.48. The SMILES string of the molecule is Cc1cc(CN2CCN(C3CCNC3)CC2)c(C)s1. The summed E-state index contributed by atoms with van der Waals surface area (Å²) in [5.41, 5.74) is 1.54. The van der Waals surface area contributed by atoms with Crippen LogP contribution in [0.2, 0.25) is 0 Å². The molecule has 3 heterocycles. The van der Waals surface area contributed by atoms with E-state index in [4.69, 9.17) is 0 Å². The van der Waals surface area contributed by atoms with Gasteiger partial charge in [-0.2, -0.15) is 0 Å². The van der Waals surface area contributed by atoms with Gasteiger partial charge in [-0.1, -0.05) is 0 Å². The summed E-state index contributed by atoms with van der Waals surface area (Å²) >= 11 is 1.93. The van der Waals surface area contributed by atoms with Crippen LogP contribution in [0.1, 0.15) is 21.7 Å². The van der Waals surface area contributed by atoms with E-state index in [1.807, 2.05) is 11.3 Å². The number of aryl methyl sites for hydroxylation is 2. The van der Waals surface area contributed by atoms with Gasteiger partial charge >= 0.3 is 0 Å². The Bertz CT molecular complexity index is 415. The van der Waals surface area contributed by atoms with Crippen molar-refractivity contribution in [3.8, 4) is 0 Å². The lowest BCUT2D eigenvalue weighted by Gasteiger charge is -2.37. The minimum Gasteiger partial charge on any atom is -0.315 e. The standard InChI is InChI=1S/C15H25N3S/c1-12-9-14(13(2)19-12)11-17-5-7-18(8-6-17)15-3-4-16-10-15/h9,15-16H,3-8,10-11H2,1-2H3. The molecule has 2 aliphatic rings. The molecule has 0 bridgehead atoms. The summed E-state index contributed by atoms with van der Waals surface area (Å²) in [6.45, 7) is 13.0. The van der Waals surface area contributed by atoms with Crippen LogP contribution in [-0.4, -0.2) is 55.1 Å². The van der Waals surface area contributed by atoms with Crippen molar-refractivity contribution in [1.82, 2.24) is 15.1 Å². The predicted octanol–water partition coefficient (Wildman–Crippen LogP) is 1.84. The summed E-state index contributed by atoms with van der Waals surface area (Å²) in [5, 5.41) is 3.48. The van der Waals surface area contributed by atoms with Gasteiger partial charge < -0.3 is 5.32 Å². The fourth-order valence-electron chi connectivity index (χ4n) is 3.32. The Labute approximate surface area is 120 Å². The van der Waals surface area contributed by atoms with Crippen molar-refractivity contribution in [2.24, 2.45) is 0 Å². The Morgan fingerprint density at radius 3 is 2.63 bits per heavy atom. The van der Waals surface area contributed by atoms with Gasteiger partial charge in [0.05, 0.1) is 0 Å². The van der Waals surface area contributed by atoms with Gasteiger partial charge in [0, 0.05) is 55.1 Å². The van der Waals surface area contributed by atoms with E-state index in [0.717, 1.165) is 12.6 Å². The van der Waals surface area contributed by atoms with E-state index in [9.17, 15) is 0 Å². The van der Waals surface area contributed by atoms with E-state index in [-0.39, 0.29) is 0 Å². The molecule has 19 heavy (non-hydrogen) atoms. The maximum Gasteiger partial charge on any atom is 0.0245 e. The average molecular weight is 279 g/mol. The molecule has 106 valence electrons. The molecule has 1 aromatic rings. The molecule has 0 amide bonds. The average Bonchev–Trinajstić information content (AvgIpc) is 3.01. The second kappa shape index (κ2) is 5.92. The topological polar surface area (TPSA) is 18.5 Å². The molecule has 0 saturated carbocycles. The number of nitrogens with zero attached hydrogens (tertiary/aromatic N) is 2. The van der Waals surface area contributed by atoms with Gasteiger partial charge in [-0.15, -0.1) is 11.3 Å². The van der Waals surface area contributed by atoms with Crippen molar-refractivity contribution in [2.45, 2.75) is 32.9 Å². The summed E-state index contributed by atoms with van der Waals surface area (Å²) in [4.78, 5) is 8.25. The number of thiophene rings is 1. The van der Waals surface area contributed by atoms with Crippen LogP contribution in [0, 0.1) is 13.8 Å². The highest BCUT2D eigenvalue weighted by molar-refractivity contribution is 7.12. The number of hydrogen-bond donors (Lipinski definition) is 1. The van der Waals surface area contributed by atoms with Crippen molar-refractivity contribution < 1.29 is 0 Å². The predicted molar refractivity (Wildman–Crippen MR) is 81.9 cm³/mol.